The van der Waals surface area contributed by atoms with Crippen LogP contribution in [0, 0.1) is 19.8 Å². The van der Waals surface area contributed by atoms with Crippen molar-refractivity contribution in [2.24, 2.45) is 5.92 Å². The monoisotopic (exact) mass is 287 g/mol. The molecule has 2 rings (SSSR count). The summed E-state index contributed by atoms with van der Waals surface area (Å²) in [4.78, 5) is 0. The first kappa shape index (κ1) is 15.6. The van der Waals surface area contributed by atoms with E-state index in [-0.39, 0.29) is 0 Å². The van der Waals surface area contributed by atoms with Crippen molar-refractivity contribution in [3.63, 3.8) is 0 Å². The van der Waals surface area contributed by atoms with Crippen LogP contribution in [0.25, 0.3) is 0 Å². The van der Waals surface area contributed by atoms with Gasteiger partial charge in [-0.2, -0.15) is 0 Å². The molecule has 0 saturated heterocycles. The van der Waals surface area contributed by atoms with E-state index in [0.717, 1.165) is 35.9 Å². The van der Waals surface area contributed by atoms with E-state index in [2.05, 4.69) is 32.2 Å². The molecule has 0 unspecified atom stereocenters. The van der Waals surface area contributed by atoms with E-state index < -0.39 is 0 Å². The summed E-state index contributed by atoms with van der Waals surface area (Å²) in [5, 5.41) is 3.40. The zero-order chi connectivity index (χ0) is 15.2. The number of aryl methyl sites for hydroxylation is 2. The third-order valence-corrected chi connectivity index (χ3v) is 3.37. The maximum absolute atomic E-state index is 5.87. The van der Waals surface area contributed by atoms with Crippen LogP contribution in [0.15, 0.2) is 34.7 Å². The Morgan fingerprint density at radius 1 is 1.14 bits per heavy atom. The summed E-state index contributed by atoms with van der Waals surface area (Å²) in [6, 6.07) is 10.1. The fourth-order valence-corrected chi connectivity index (χ4v) is 2.18. The van der Waals surface area contributed by atoms with Gasteiger partial charge in [0, 0.05) is 0 Å². The van der Waals surface area contributed by atoms with Gasteiger partial charge >= 0.3 is 0 Å². The topological polar surface area (TPSA) is 34.4 Å². The fourth-order valence-electron chi connectivity index (χ4n) is 2.18. The van der Waals surface area contributed by atoms with Crippen molar-refractivity contribution in [3.8, 4) is 5.75 Å². The quantitative estimate of drug-likeness (QED) is 0.828. The zero-order valence-electron chi connectivity index (χ0n) is 13.4. The van der Waals surface area contributed by atoms with Crippen LogP contribution < -0.4 is 10.1 Å². The number of furan rings is 1. The number of hydrogen-bond acceptors (Lipinski definition) is 3. The van der Waals surface area contributed by atoms with E-state index in [1.807, 2.05) is 31.2 Å². The normalized spacial score (nSPS) is 11.1. The molecule has 21 heavy (non-hydrogen) atoms. The van der Waals surface area contributed by atoms with Crippen molar-refractivity contribution in [3.05, 3.63) is 53.0 Å². The van der Waals surface area contributed by atoms with E-state index >= 15 is 0 Å². The SMILES string of the molecule is Cc1ccccc1OCc1cc(C)c(CNCC(C)C)o1. The van der Waals surface area contributed by atoms with Gasteiger partial charge < -0.3 is 14.5 Å². The fraction of sp³-hybridized carbons (Fsp3) is 0.444. The van der Waals surface area contributed by atoms with Gasteiger partial charge in [0.05, 0.1) is 6.54 Å². The second-order valence-corrected chi connectivity index (χ2v) is 5.90. The molecule has 2 aromatic rings. The lowest BCUT2D eigenvalue weighted by molar-refractivity contribution is 0.263. The molecule has 0 aliphatic carbocycles. The first-order valence-corrected chi connectivity index (χ1v) is 7.53. The molecule has 0 saturated carbocycles. The molecule has 114 valence electrons. The second-order valence-electron chi connectivity index (χ2n) is 5.90. The summed E-state index contributed by atoms with van der Waals surface area (Å²) in [6.45, 7) is 10.8. The molecule has 0 bridgehead atoms. The molecule has 1 aromatic heterocycles. The third-order valence-electron chi connectivity index (χ3n) is 3.37. The highest BCUT2D eigenvalue weighted by Gasteiger charge is 2.09. The summed E-state index contributed by atoms with van der Waals surface area (Å²) in [5.74, 6) is 3.42. The van der Waals surface area contributed by atoms with Gasteiger partial charge in [0.25, 0.3) is 0 Å². The summed E-state index contributed by atoms with van der Waals surface area (Å²) >= 11 is 0. The van der Waals surface area contributed by atoms with Gasteiger partial charge in [0.1, 0.15) is 23.9 Å². The Kier molecular flexibility index (Phi) is 5.45. The minimum atomic E-state index is 0.468. The summed E-state index contributed by atoms with van der Waals surface area (Å²) in [6.07, 6.45) is 0. The molecule has 0 aliphatic rings. The molecule has 0 fully saturated rings. The second kappa shape index (κ2) is 7.32. The van der Waals surface area contributed by atoms with Crippen molar-refractivity contribution in [1.82, 2.24) is 5.32 Å². The van der Waals surface area contributed by atoms with E-state index in [1.54, 1.807) is 0 Å². The molecule has 0 radical (unpaired) electrons. The molecule has 0 atom stereocenters. The Hall–Kier alpha value is -1.74. The minimum Gasteiger partial charge on any atom is -0.485 e. The molecule has 3 heteroatoms. The lowest BCUT2D eigenvalue weighted by Gasteiger charge is -2.07. The predicted molar refractivity (Wildman–Crippen MR) is 85.5 cm³/mol. The van der Waals surface area contributed by atoms with Crippen molar-refractivity contribution < 1.29 is 9.15 Å². The molecule has 3 nitrogen and oxygen atoms in total. The van der Waals surface area contributed by atoms with Crippen LogP contribution in [0.1, 0.15) is 36.5 Å². The maximum atomic E-state index is 5.87. The number of benzene rings is 1. The van der Waals surface area contributed by atoms with Crippen LogP contribution in [0.3, 0.4) is 0 Å². The van der Waals surface area contributed by atoms with Crippen LogP contribution in [0.2, 0.25) is 0 Å². The Morgan fingerprint density at radius 3 is 2.62 bits per heavy atom. The minimum absolute atomic E-state index is 0.468. The third kappa shape index (κ3) is 4.64. The molecule has 0 spiro atoms. The number of nitrogens with one attached hydrogen (secondary N) is 1. The summed E-state index contributed by atoms with van der Waals surface area (Å²) < 4.78 is 11.7. The molecule has 0 amide bonds. The van der Waals surface area contributed by atoms with Crippen molar-refractivity contribution in [2.45, 2.75) is 40.8 Å². The Balaban J connectivity index is 1.91. The maximum Gasteiger partial charge on any atom is 0.146 e. The van der Waals surface area contributed by atoms with Gasteiger partial charge in [-0.1, -0.05) is 32.0 Å². The Morgan fingerprint density at radius 2 is 1.90 bits per heavy atom. The zero-order valence-corrected chi connectivity index (χ0v) is 13.4. The van der Waals surface area contributed by atoms with Gasteiger partial charge in [0.2, 0.25) is 0 Å². The number of para-hydroxylation sites is 1. The molecule has 0 aliphatic heterocycles. The largest absolute Gasteiger partial charge is 0.485 e. The lowest BCUT2D eigenvalue weighted by atomic mass is 10.2. The number of rotatable bonds is 7. The highest BCUT2D eigenvalue weighted by atomic mass is 16.5. The van der Waals surface area contributed by atoms with Gasteiger partial charge in [0.15, 0.2) is 0 Å². The highest BCUT2D eigenvalue weighted by Crippen LogP contribution is 2.20. The summed E-state index contributed by atoms with van der Waals surface area (Å²) in [5.41, 5.74) is 2.31. The van der Waals surface area contributed by atoms with Crippen molar-refractivity contribution >= 4 is 0 Å². The first-order valence-electron chi connectivity index (χ1n) is 7.53. The van der Waals surface area contributed by atoms with Gasteiger partial charge in [-0.3, -0.25) is 0 Å². The van der Waals surface area contributed by atoms with Crippen LogP contribution in [-0.4, -0.2) is 6.54 Å². The van der Waals surface area contributed by atoms with Gasteiger partial charge in [-0.25, -0.2) is 0 Å². The Labute approximate surface area is 127 Å². The number of ether oxygens (including phenoxy) is 1. The van der Waals surface area contributed by atoms with Crippen LogP contribution in [-0.2, 0) is 13.2 Å². The highest BCUT2D eigenvalue weighted by molar-refractivity contribution is 5.32. The smallest absolute Gasteiger partial charge is 0.146 e. The molecule has 1 heterocycles. The van der Waals surface area contributed by atoms with E-state index in [1.165, 1.54) is 5.56 Å². The van der Waals surface area contributed by atoms with Gasteiger partial charge in [-0.05, 0) is 49.6 Å². The average Bonchev–Trinajstić information content (AvgIpc) is 2.78. The van der Waals surface area contributed by atoms with Gasteiger partial charge in [-0.15, -0.1) is 0 Å². The van der Waals surface area contributed by atoms with E-state index in [0.29, 0.717) is 12.5 Å². The standard InChI is InChI=1S/C18H25NO2/c1-13(2)10-19-11-18-15(4)9-16(21-18)12-20-17-8-6-5-7-14(17)3/h5-9,13,19H,10-12H2,1-4H3. The molecular formula is C18H25NO2. The molecule has 1 aromatic carbocycles. The Bertz CT molecular complexity index is 572. The van der Waals surface area contributed by atoms with Crippen LogP contribution in [0.4, 0.5) is 0 Å². The predicted octanol–water partition coefficient (Wildman–Crippen LogP) is 4.22. The summed E-state index contributed by atoms with van der Waals surface area (Å²) in [7, 11) is 0. The molecular weight excluding hydrogens is 262 g/mol. The van der Waals surface area contributed by atoms with E-state index in [9.17, 15) is 0 Å². The number of hydrogen-bond donors (Lipinski definition) is 1. The van der Waals surface area contributed by atoms with Crippen LogP contribution >= 0.6 is 0 Å². The lowest BCUT2D eigenvalue weighted by Crippen LogP contribution is -2.18. The van der Waals surface area contributed by atoms with Crippen molar-refractivity contribution in [1.29, 1.82) is 0 Å². The van der Waals surface area contributed by atoms with Crippen molar-refractivity contribution in [2.75, 3.05) is 6.54 Å². The first-order chi connectivity index (χ1) is 10.1. The molecule has 1 N–H and O–H groups in total. The average molecular weight is 287 g/mol. The van der Waals surface area contributed by atoms with Crippen LogP contribution in [0.5, 0.6) is 5.75 Å². The van der Waals surface area contributed by atoms with E-state index in [4.69, 9.17) is 9.15 Å².